The first-order valence-corrected chi connectivity index (χ1v) is 8.61. The lowest BCUT2D eigenvalue weighted by Crippen LogP contribution is -2.38. The molecule has 5 nitrogen and oxygen atoms in total. The second kappa shape index (κ2) is 8.25. The predicted molar refractivity (Wildman–Crippen MR) is 102 cm³/mol. The van der Waals surface area contributed by atoms with E-state index < -0.39 is 0 Å². The number of carbonyl (C=O) groups is 1. The molecule has 0 aliphatic heterocycles. The molecule has 0 saturated heterocycles. The summed E-state index contributed by atoms with van der Waals surface area (Å²) in [4.78, 5) is 20.4. The van der Waals surface area contributed by atoms with Crippen LogP contribution >= 0.6 is 0 Å². The Hall–Kier alpha value is -3.21. The summed E-state index contributed by atoms with van der Waals surface area (Å²) in [6.45, 7) is 3.91. The molecule has 2 amide bonds. The summed E-state index contributed by atoms with van der Waals surface area (Å²) < 4.78 is 0. The van der Waals surface area contributed by atoms with Crippen molar-refractivity contribution in [2.45, 2.75) is 25.9 Å². The first kappa shape index (κ1) is 17.6. The number of carbonyl (C=O) groups excluding carboxylic acids is 1. The maximum absolute atomic E-state index is 12.3. The van der Waals surface area contributed by atoms with Crippen molar-refractivity contribution < 1.29 is 4.79 Å². The molecular formula is C21H22N4O. The zero-order chi connectivity index (χ0) is 18.4. The van der Waals surface area contributed by atoms with E-state index in [2.05, 4.69) is 20.6 Å². The van der Waals surface area contributed by atoms with Gasteiger partial charge >= 0.3 is 6.03 Å². The van der Waals surface area contributed by atoms with Crippen molar-refractivity contribution in [2.75, 3.05) is 0 Å². The molecule has 26 heavy (non-hydrogen) atoms. The second-order valence-electron chi connectivity index (χ2n) is 6.21. The van der Waals surface area contributed by atoms with Crippen molar-refractivity contribution in [3.05, 3.63) is 84.4 Å². The number of amides is 2. The van der Waals surface area contributed by atoms with E-state index in [0.29, 0.717) is 0 Å². The minimum atomic E-state index is -0.196. The fourth-order valence-corrected chi connectivity index (χ4v) is 2.75. The molecule has 0 bridgehead atoms. The Balaban J connectivity index is 1.59. The first-order chi connectivity index (χ1) is 12.6. The van der Waals surface area contributed by atoms with Crippen molar-refractivity contribution in [3.8, 4) is 11.1 Å². The number of aromatic nitrogens is 2. The molecule has 0 aliphatic rings. The molecule has 3 rings (SSSR count). The third kappa shape index (κ3) is 4.45. The van der Waals surface area contributed by atoms with E-state index in [1.165, 1.54) is 0 Å². The SMILES string of the molecule is C[C@H](NC(=O)N[C@H](C)c1ccc(-c2cccnc2)cc1)c1ccncc1. The van der Waals surface area contributed by atoms with Gasteiger partial charge in [-0.15, -0.1) is 0 Å². The van der Waals surface area contributed by atoms with Crippen molar-refractivity contribution in [1.29, 1.82) is 0 Å². The van der Waals surface area contributed by atoms with E-state index in [0.717, 1.165) is 22.3 Å². The summed E-state index contributed by atoms with van der Waals surface area (Å²) >= 11 is 0. The van der Waals surface area contributed by atoms with Gasteiger partial charge in [0, 0.05) is 24.8 Å². The molecule has 0 fully saturated rings. The summed E-state index contributed by atoms with van der Waals surface area (Å²) in [5.74, 6) is 0. The Bertz CT molecular complexity index is 835. The molecule has 0 radical (unpaired) electrons. The molecule has 132 valence electrons. The highest BCUT2D eigenvalue weighted by Gasteiger charge is 2.13. The Kier molecular flexibility index (Phi) is 5.59. The standard InChI is InChI=1S/C21H22N4O/c1-15(24-21(26)25-16(2)18-9-12-22-13-10-18)17-5-7-19(8-6-17)20-4-3-11-23-14-20/h3-16H,1-2H3,(H2,24,25,26)/t15-,16+/m1/s1. The lowest BCUT2D eigenvalue weighted by Gasteiger charge is -2.19. The average molecular weight is 346 g/mol. The van der Waals surface area contributed by atoms with Gasteiger partial charge in [0.2, 0.25) is 0 Å². The van der Waals surface area contributed by atoms with Crippen LogP contribution in [0.15, 0.2) is 73.3 Å². The quantitative estimate of drug-likeness (QED) is 0.725. The van der Waals surface area contributed by atoms with Crippen molar-refractivity contribution in [3.63, 3.8) is 0 Å². The van der Waals surface area contributed by atoms with Crippen LogP contribution in [-0.4, -0.2) is 16.0 Å². The lowest BCUT2D eigenvalue weighted by atomic mass is 10.0. The van der Waals surface area contributed by atoms with Crippen LogP contribution in [-0.2, 0) is 0 Å². The van der Waals surface area contributed by atoms with Gasteiger partial charge in [0.05, 0.1) is 12.1 Å². The van der Waals surface area contributed by atoms with Crippen LogP contribution in [0.5, 0.6) is 0 Å². The summed E-state index contributed by atoms with van der Waals surface area (Å²) in [6.07, 6.45) is 7.04. The molecule has 3 aromatic rings. The third-order valence-electron chi connectivity index (χ3n) is 4.31. The number of nitrogens with zero attached hydrogens (tertiary/aromatic N) is 2. The fourth-order valence-electron chi connectivity index (χ4n) is 2.75. The Morgan fingerprint density at radius 1 is 0.769 bits per heavy atom. The molecule has 0 unspecified atom stereocenters. The van der Waals surface area contributed by atoms with Crippen molar-refractivity contribution in [2.24, 2.45) is 0 Å². The first-order valence-electron chi connectivity index (χ1n) is 8.61. The number of pyridine rings is 2. The number of hydrogen-bond acceptors (Lipinski definition) is 3. The number of nitrogens with one attached hydrogen (secondary N) is 2. The average Bonchev–Trinajstić information content (AvgIpc) is 2.69. The van der Waals surface area contributed by atoms with Gasteiger partial charge in [0.15, 0.2) is 0 Å². The molecule has 5 heteroatoms. The van der Waals surface area contributed by atoms with E-state index in [1.54, 1.807) is 18.6 Å². The van der Waals surface area contributed by atoms with Gasteiger partial charge in [-0.25, -0.2) is 4.79 Å². The highest BCUT2D eigenvalue weighted by molar-refractivity contribution is 5.75. The fraction of sp³-hybridized carbons (Fsp3) is 0.190. The number of hydrogen-bond donors (Lipinski definition) is 2. The smallest absolute Gasteiger partial charge is 0.315 e. The van der Waals surface area contributed by atoms with Crippen LogP contribution in [0.3, 0.4) is 0 Å². The molecule has 0 aliphatic carbocycles. The van der Waals surface area contributed by atoms with E-state index in [9.17, 15) is 4.79 Å². The van der Waals surface area contributed by atoms with Crippen LogP contribution in [0, 0.1) is 0 Å². The van der Waals surface area contributed by atoms with Gasteiger partial charge < -0.3 is 10.6 Å². The van der Waals surface area contributed by atoms with Crippen LogP contribution < -0.4 is 10.6 Å². The van der Waals surface area contributed by atoms with Crippen molar-refractivity contribution >= 4 is 6.03 Å². The Morgan fingerprint density at radius 2 is 1.38 bits per heavy atom. The van der Waals surface area contributed by atoms with Crippen LogP contribution in [0.25, 0.3) is 11.1 Å². The number of urea groups is 1. The van der Waals surface area contributed by atoms with Gasteiger partial charge in [-0.05, 0) is 54.3 Å². The molecule has 0 spiro atoms. The number of rotatable bonds is 5. The molecular weight excluding hydrogens is 324 g/mol. The summed E-state index contributed by atoms with van der Waals surface area (Å²) in [7, 11) is 0. The van der Waals surface area contributed by atoms with Crippen LogP contribution in [0.2, 0.25) is 0 Å². The zero-order valence-electron chi connectivity index (χ0n) is 14.9. The highest BCUT2D eigenvalue weighted by atomic mass is 16.2. The second-order valence-corrected chi connectivity index (χ2v) is 6.21. The maximum Gasteiger partial charge on any atom is 0.315 e. The van der Waals surface area contributed by atoms with Gasteiger partial charge in [-0.3, -0.25) is 9.97 Å². The lowest BCUT2D eigenvalue weighted by molar-refractivity contribution is 0.235. The predicted octanol–water partition coefficient (Wildman–Crippen LogP) is 4.27. The van der Waals surface area contributed by atoms with Gasteiger partial charge in [-0.2, -0.15) is 0 Å². The molecule has 1 aromatic carbocycles. The molecule has 2 atom stereocenters. The van der Waals surface area contributed by atoms with Gasteiger partial charge in [-0.1, -0.05) is 30.3 Å². The van der Waals surface area contributed by atoms with Crippen LogP contribution in [0.1, 0.15) is 37.1 Å². The van der Waals surface area contributed by atoms with E-state index in [1.807, 2.05) is 68.6 Å². The Morgan fingerprint density at radius 3 is 1.96 bits per heavy atom. The van der Waals surface area contributed by atoms with Crippen LogP contribution in [0.4, 0.5) is 4.79 Å². The monoisotopic (exact) mass is 346 g/mol. The van der Waals surface area contributed by atoms with E-state index in [4.69, 9.17) is 0 Å². The van der Waals surface area contributed by atoms with E-state index in [-0.39, 0.29) is 18.1 Å². The normalized spacial score (nSPS) is 12.8. The maximum atomic E-state index is 12.3. The highest BCUT2D eigenvalue weighted by Crippen LogP contribution is 2.21. The molecule has 2 N–H and O–H groups in total. The minimum absolute atomic E-state index is 0.0850. The molecule has 2 aromatic heterocycles. The van der Waals surface area contributed by atoms with Gasteiger partial charge in [0.1, 0.15) is 0 Å². The summed E-state index contributed by atoms with van der Waals surface area (Å²) in [6, 6.07) is 15.5. The van der Waals surface area contributed by atoms with Gasteiger partial charge in [0.25, 0.3) is 0 Å². The number of benzene rings is 1. The topological polar surface area (TPSA) is 66.9 Å². The van der Waals surface area contributed by atoms with E-state index >= 15 is 0 Å². The summed E-state index contributed by atoms with van der Waals surface area (Å²) in [5, 5.41) is 5.93. The zero-order valence-corrected chi connectivity index (χ0v) is 14.9. The summed E-state index contributed by atoms with van der Waals surface area (Å²) in [5.41, 5.74) is 4.24. The minimum Gasteiger partial charge on any atom is -0.332 e. The third-order valence-corrected chi connectivity index (χ3v) is 4.31. The Labute approximate surface area is 153 Å². The van der Waals surface area contributed by atoms with Crippen molar-refractivity contribution in [1.82, 2.24) is 20.6 Å². The largest absolute Gasteiger partial charge is 0.332 e. The molecule has 2 heterocycles. The molecule has 0 saturated carbocycles.